The lowest BCUT2D eigenvalue weighted by atomic mass is 9.73. The van der Waals surface area contributed by atoms with E-state index in [4.69, 9.17) is 9.47 Å². The van der Waals surface area contributed by atoms with Gasteiger partial charge in [0.1, 0.15) is 0 Å². The van der Waals surface area contributed by atoms with Crippen LogP contribution in [0.2, 0.25) is 0 Å². The zero-order valence-corrected chi connectivity index (χ0v) is 11.6. The molecule has 0 N–H and O–H groups in total. The van der Waals surface area contributed by atoms with Gasteiger partial charge in [0, 0.05) is 25.7 Å². The fraction of sp³-hybridized carbons (Fsp3) is 1.00. The first-order valence-electron chi connectivity index (χ1n) is 6.18. The van der Waals surface area contributed by atoms with E-state index in [0.29, 0.717) is 18.1 Å². The van der Waals surface area contributed by atoms with Crippen molar-refractivity contribution in [2.45, 2.75) is 51.4 Å². The first-order valence-corrected chi connectivity index (χ1v) is 6.18. The van der Waals surface area contributed by atoms with Crippen molar-refractivity contribution in [1.82, 2.24) is 4.90 Å². The van der Waals surface area contributed by atoms with Gasteiger partial charge in [0.15, 0.2) is 0 Å². The summed E-state index contributed by atoms with van der Waals surface area (Å²) < 4.78 is 11.3. The molecule has 96 valence electrons. The van der Waals surface area contributed by atoms with E-state index < -0.39 is 0 Å². The van der Waals surface area contributed by atoms with E-state index in [1.807, 2.05) is 0 Å². The minimum atomic E-state index is -0.0345. The number of ether oxygens (including phenoxy) is 2. The summed E-state index contributed by atoms with van der Waals surface area (Å²) in [5.41, 5.74) is -0.0345. The number of hydrogen-bond acceptors (Lipinski definition) is 3. The summed E-state index contributed by atoms with van der Waals surface area (Å²) in [4.78, 5) is 2.31. The molecule has 1 aliphatic rings. The van der Waals surface area contributed by atoms with Gasteiger partial charge in [0.25, 0.3) is 0 Å². The van der Waals surface area contributed by atoms with Gasteiger partial charge in [0.2, 0.25) is 0 Å². The van der Waals surface area contributed by atoms with Gasteiger partial charge in [-0.25, -0.2) is 0 Å². The zero-order valence-electron chi connectivity index (χ0n) is 11.6. The quantitative estimate of drug-likeness (QED) is 0.721. The predicted octanol–water partition coefficient (Wildman–Crippen LogP) is 2.16. The molecular formula is C13H27NO2. The lowest BCUT2D eigenvalue weighted by Crippen LogP contribution is -2.56. The predicted molar refractivity (Wildman–Crippen MR) is 66.7 cm³/mol. The SMILES string of the molecule is COCCC1C(OC(C)(C)C)CC1N(C)C. The van der Waals surface area contributed by atoms with Crippen molar-refractivity contribution in [3.63, 3.8) is 0 Å². The normalized spacial score (nSPS) is 30.6. The Morgan fingerprint density at radius 2 is 1.88 bits per heavy atom. The summed E-state index contributed by atoms with van der Waals surface area (Å²) in [7, 11) is 6.07. The number of rotatable bonds is 5. The van der Waals surface area contributed by atoms with Gasteiger partial charge in [-0.3, -0.25) is 0 Å². The van der Waals surface area contributed by atoms with Gasteiger partial charge in [-0.05, 0) is 47.7 Å². The molecule has 0 aliphatic heterocycles. The smallest absolute Gasteiger partial charge is 0.0641 e. The van der Waals surface area contributed by atoms with Crippen molar-refractivity contribution in [3.05, 3.63) is 0 Å². The second-order valence-corrected chi connectivity index (χ2v) is 5.98. The Morgan fingerprint density at radius 1 is 1.25 bits per heavy atom. The van der Waals surface area contributed by atoms with Crippen LogP contribution >= 0.6 is 0 Å². The van der Waals surface area contributed by atoms with Gasteiger partial charge in [-0.1, -0.05) is 0 Å². The molecule has 0 spiro atoms. The van der Waals surface area contributed by atoms with Crippen molar-refractivity contribution >= 4 is 0 Å². The highest BCUT2D eigenvalue weighted by atomic mass is 16.5. The van der Waals surface area contributed by atoms with Crippen molar-refractivity contribution in [1.29, 1.82) is 0 Å². The number of methoxy groups -OCH3 is 1. The van der Waals surface area contributed by atoms with Gasteiger partial charge in [-0.15, -0.1) is 0 Å². The molecule has 0 bridgehead atoms. The average Bonchev–Trinajstić information content (AvgIpc) is 2.10. The Hall–Kier alpha value is -0.120. The summed E-state index contributed by atoms with van der Waals surface area (Å²) in [6.07, 6.45) is 2.65. The molecular weight excluding hydrogens is 202 g/mol. The molecule has 0 amide bonds. The van der Waals surface area contributed by atoms with Gasteiger partial charge < -0.3 is 14.4 Å². The van der Waals surface area contributed by atoms with E-state index in [9.17, 15) is 0 Å². The summed E-state index contributed by atoms with van der Waals surface area (Å²) in [6.45, 7) is 7.22. The van der Waals surface area contributed by atoms with Gasteiger partial charge in [0.05, 0.1) is 11.7 Å². The highest BCUT2D eigenvalue weighted by Crippen LogP contribution is 2.38. The Kier molecular flexibility index (Phi) is 4.77. The average molecular weight is 229 g/mol. The number of hydrogen-bond donors (Lipinski definition) is 0. The molecule has 0 aromatic carbocycles. The maximum atomic E-state index is 6.08. The summed E-state index contributed by atoms with van der Waals surface area (Å²) in [5.74, 6) is 0.620. The van der Waals surface area contributed by atoms with Crippen molar-refractivity contribution in [3.8, 4) is 0 Å². The monoisotopic (exact) mass is 229 g/mol. The molecule has 3 unspecified atom stereocenters. The lowest BCUT2D eigenvalue weighted by molar-refractivity contribution is -0.157. The topological polar surface area (TPSA) is 21.7 Å². The van der Waals surface area contributed by atoms with Crippen LogP contribution in [0.4, 0.5) is 0 Å². The van der Waals surface area contributed by atoms with E-state index >= 15 is 0 Å². The third-order valence-corrected chi connectivity index (χ3v) is 3.27. The van der Waals surface area contributed by atoms with Crippen LogP contribution in [0.25, 0.3) is 0 Å². The minimum Gasteiger partial charge on any atom is -0.385 e. The maximum absolute atomic E-state index is 6.08. The molecule has 0 saturated heterocycles. The molecule has 1 saturated carbocycles. The molecule has 1 rings (SSSR count). The Balaban J connectivity index is 2.47. The van der Waals surface area contributed by atoms with Crippen molar-refractivity contribution in [2.75, 3.05) is 27.8 Å². The Bertz CT molecular complexity index is 210. The highest BCUT2D eigenvalue weighted by molar-refractivity contribution is 4.96. The molecule has 0 radical (unpaired) electrons. The zero-order chi connectivity index (χ0) is 12.3. The standard InChI is InChI=1S/C13H27NO2/c1-13(2,3)16-12-9-11(14(4)5)10(12)7-8-15-6/h10-12H,7-9H2,1-6H3. The van der Waals surface area contributed by atoms with Crippen LogP contribution in [0.1, 0.15) is 33.6 Å². The molecule has 0 aromatic heterocycles. The fourth-order valence-electron chi connectivity index (χ4n) is 2.46. The van der Waals surface area contributed by atoms with E-state index in [-0.39, 0.29) is 5.60 Å². The van der Waals surface area contributed by atoms with E-state index in [1.54, 1.807) is 7.11 Å². The molecule has 3 nitrogen and oxygen atoms in total. The third kappa shape index (κ3) is 3.72. The summed E-state index contributed by atoms with van der Waals surface area (Å²) in [6, 6.07) is 0.655. The Morgan fingerprint density at radius 3 is 2.31 bits per heavy atom. The molecule has 3 atom stereocenters. The van der Waals surface area contributed by atoms with E-state index in [2.05, 4.69) is 39.8 Å². The number of nitrogens with zero attached hydrogens (tertiary/aromatic N) is 1. The van der Waals surface area contributed by atoms with E-state index in [1.165, 1.54) is 0 Å². The maximum Gasteiger partial charge on any atom is 0.0641 e. The largest absolute Gasteiger partial charge is 0.385 e. The van der Waals surface area contributed by atoms with Crippen LogP contribution < -0.4 is 0 Å². The van der Waals surface area contributed by atoms with Crippen LogP contribution in [0.15, 0.2) is 0 Å². The summed E-state index contributed by atoms with van der Waals surface area (Å²) in [5, 5.41) is 0. The van der Waals surface area contributed by atoms with Crippen molar-refractivity contribution in [2.24, 2.45) is 5.92 Å². The molecule has 3 heteroatoms. The highest BCUT2D eigenvalue weighted by Gasteiger charge is 2.44. The summed E-state index contributed by atoms with van der Waals surface area (Å²) >= 11 is 0. The second kappa shape index (κ2) is 5.48. The van der Waals surface area contributed by atoms with Crippen LogP contribution in [-0.4, -0.2) is 50.5 Å². The minimum absolute atomic E-state index is 0.0345. The van der Waals surface area contributed by atoms with Crippen LogP contribution in [-0.2, 0) is 9.47 Å². The molecule has 0 heterocycles. The van der Waals surface area contributed by atoms with Crippen LogP contribution in [0.5, 0.6) is 0 Å². The van der Waals surface area contributed by atoms with Crippen LogP contribution in [0, 0.1) is 5.92 Å². The molecule has 1 fully saturated rings. The first-order chi connectivity index (χ1) is 7.35. The van der Waals surface area contributed by atoms with E-state index in [0.717, 1.165) is 19.4 Å². The lowest BCUT2D eigenvalue weighted by Gasteiger charge is -2.49. The van der Waals surface area contributed by atoms with Crippen molar-refractivity contribution < 1.29 is 9.47 Å². The van der Waals surface area contributed by atoms with Gasteiger partial charge in [-0.2, -0.15) is 0 Å². The molecule has 16 heavy (non-hydrogen) atoms. The fourth-order valence-corrected chi connectivity index (χ4v) is 2.46. The Labute approximate surface area is 100 Å². The molecule has 1 aliphatic carbocycles. The van der Waals surface area contributed by atoms with Crippen LogP contribution in [0.3, 0.4) is 0 Å². The van der Waals surface area contributed by atoms with Gasteiger partial charge >= 0.3 is 0 Å². The molecule has 0 aromatic rings. The third-order valence-electron chi connectivity index (χ3n) is 3.27. The first kappa shape index (κ1) is 13.9. The second-order valence-electron chi connectivity index (χ2n) is 5.98.